The number of nitrogens with zero attached hydrogens (tertiary/aromatic N) is 1. The Bertz CT molecular complexity index is 2180. The maximum Gasteiger partial charge on any atom is 0.417 e. The quantitative estimate of drug-likeness (QED) is 0.140. The minimum atomic E-state index is -4.76. The molecule has 6 rings (SSSR count). The lowest BCUT2D eigenvalue weighted by Crippen LogP contribution is -2.56. The molecule has 4 amide bonds. The van der Waals surface area contributed by atoms with Crippen LogP contribution >= 0.6 is 11.8 Å². The van der Waals surface area contributed by atoms with Crippen molar-refractivity contribution >= 4 is 41.0 Å². The van der Waals surface area contributed by atoms with Crippen molar-refractivity contribution in [3.8, 4) is 11.1 Å². The number of hydrogen-bond acceptors (Lipinski definition) is 7. The molecule has 1 aliphatic heterocycles. The molecule has 0 fully saturated rings. The number of likely N-dealkylation sites (N-methyl/N-ethyl adjacent to an activating group) is 1. The molecule has 0 unspecified atom stereocenters. The maximum absolute atomic E-state index is 15.2. The minimum Gasteiger partial charge on any atom is -0.370 e. The smallest absolute Gasteiger partial charge is 0.370 e. The molecule has 0 saturated heterocycles. The number of halogens is 3. The molecule has 10 nitrogen and oxygen atoms in total. The Hall–Kier alpha value is -5.44. The van der Waals surface area contributed by atoms with E-state index >= 15 is 13.2 Å². The molecule has 4 aromatic rings. The second-order valence-corrected chi connectivity index (χ2v) is 15.5. The van der Waals surface area contributed by atoms with E-state index in [4.69, 9.17) is 11.5 Å². The Labute approximate surface area is 340 Å². The summed E-state index contributed by atoms with van der Waals surface area (Å²) in [4.78, 5) is 56.6. The fraction of sp³-hybridized carbons (Fsp3) is 0.318. The molecule has 7 N–H and O–H groups in total. The summed E-state index contributed by atoms with van der Waals surface area (Å²) in [5.74, 6) is -2.45. The third kappa shape index (κ3) is 10.2. The lowest BCUT2D eigenvalue weighted by molar-refractivity contribution is -0.142. The Morgan fingerprint density at radius 2 is 1.55 bits per heavy atom. The van der Waals surface area contributed by atoms with Gasteiger partial charge in [0.1, 0.15) is 12.1 Å². The zero-order chi connectivity index (χ0) is 41.4. The van der Waals surface area contributed by atoms with Crippen molar-refractivity contribution in [3.63, 3.8) is 0 Å². The maximum atomic E-state index is 15.2. The zero-order valence-electron chi connectivity index (χ0n) is 32.1. The molecule has 14 heteroatoms. The molecule has 4 aromatic carbocycles. The SMILES string of the molecule is CN1C(=O)[C@H](CCC(N)=O)NC(=O)[C@H](CCCN)NCc2ccccc2Sc2c(cc(-c3ccccc3)cc2C(F)(F)F)CNC(=O)[C@@H]1CC1=CCc2ccccc21. The zero-order valence-corrected chi connectivity index (χ0v) is 32.9. The van der Waals surface area contributed by atoms with Crippen molar-refractivity contribution in [1.29, 1.82) is 0 Å². The van der Waals surface area contributed by atoms with Crippen LogP contribution in [0.25, 0.3) is 16.7 Å². The first-order valence-corrected chi connectivity index (χ1v) is 20.0. The van der Waals surface area contributed by atoms with Crippen molar-refractivity contribution in [2.24, 2.45) is 11.5 Å². The summed E-state index contributed by atoms with van der Waals surface area (Å²) in [6, 6.07) is 22.9. The van der Waals surface area contributed by atoms with Gasteiger partial charge in [-0.05, 0) is 89.4 Å². The van der Waals surface area contributed by atoms with Gasteiger partial charge in [0.2, 0.25) is 23.6 Å². The second-order valence-electron chi connectivity index (χ2n) is 14.5. The van der Waals surface area contributed by atoms with Gasteiger partial charge in [-0.3, -0.25) is 19.2 Å². The third-order valence-electron chi connectivity index (χ3n) is 10.5. The summed E-state index contributed by atoms with van der Waals surface area (Å²) in [6.45, 7) is 0.0880. The van der Waals surface area contributed by atoms with Gasteiger partial charge in [0, 0.05) is 42.8 Å². The molecule has 1 aliphatic carbocycles. The number of carbonyl (C=O) groups excluding carboxylic acids is 4. The van der Waals surface area contributed by atoms with Crippen molar-refractivity contribution < 1.29 is 32.3 Å². The highest BCUT2D eigenvalue weighted by Gasteiger charge is 2.38. The number of nitrogens with one attached hydrogen (secondary N) is 3. The van der Waals surface area contributed by atoms with Crippen LogP contribution < -0.4 is 27.4 Å². The molecule has 304 valence electrons. The van der Waals surface area contributed by atoms with Crippen LogP contribution in [-0.2, 0) is 44.9 Å². The number of amides is 4. The van der Waals surface area contributed by atoms with Crippen molar-refractivity contribution in [2.45, 2.75) is 85.7 Å². The molecular formula is C44H47F3N6O4S. The molecule has 0 saturated carbocycles. The number of hydrogen-bond donors (Lipinski definition) is 5. The van der Waals surface area contributed by atoms with E-state index in [1.165, 1.54) is 11.9 Å². The number of benzene rings is 4. The van der Waals surface area contributed by atoms with Crippen LogP contribution in [-0.4, -0.2) is 60.2 Å². The van der Waals surface area contributed by atoms with Crippen LogP contribution in [0.2, 0.25) is 0 Å². The Balaban J connectivity index is 1.49. The largest absolute Gasteiger partial charge is 0.417 e. The van der Waals surface area contributed by atoms with E-state index in [0.29, 0.717) is 34.4 Å². The predicted molar refractivity (Wildman–Crippen MR) is 218 cm³/mol. The molecule has 2 aliphatic rings. The molecule has 0 bridgehead atoms. The number of primary amides is 1. The summed E-state index contributed by atoms with van der Waals surface area (Å²) in [5.41, 5.74) is 15.0. The van der Waals surface area contributed by atoms with Gasteiger partial charge in [-0.25, -0.2) is 0 Å². The topological polar surface area (TPSA) is 160 Å². The number of nitrogens with two attached hydrogens (primary N) is 2. The van der Waals surface area contributed by atoms with E-state index in [9.17, 15) is 19.2 Å². The standard InChI is InChI=1S/C44H47F3N6O4S/c1-53-37(24-29-18-17-28-12-5-7-14-33(28)29)42(56)51-26-32-22-31(27-10-3-2-4-11-27)23-34(44(45,46)47)40(32)58-38-16-8-6-13-30(38)25-50-35(15-9-21-48)41(55)52-36(43(53)57)19-20-39(49)54/h2-8,10-14,16,18,22-23,35-37,50H,9,15,17,19-21,24-26,48H2,1H3,(H2,49,54)(H,51,56)(H,52,55)/t35-,36-,37-/m0/s1. The highest BCUT2D eigenvalue weighted by Crippen LogP contribution is 2.45. The first-order valence-electron chi connectivity index (χ1n) is 19.2. The molecule has 58 heavy (non-hydrogen) atoms. The van der Waals surface area contributed by atoms with Crippen molar-refractivity contribution in [3.05, 3.63) is 125 Å². The molecule has 0 radical (unpaired) electrons. The average Bonchev–Trinajstić information content (AvgIpc) is 3.62. The van der Waals surface area contributed by atoms with Crippen molar-refractivity contribution in [1.82, 2.24) is 20.9 Å². The first-order chi connectivity index (χ1) is 27.8. The molecule has 1 heterocycles. The van der Waals surface area contributed by atoms with Gasteiger partial charge in [0.15, 0.2) is 0 Å². The number of rotatable bonds is 9. The lowest BCUT2D eigenvalue weighted by Gasteiger charge is -2.32. The average molecular weight is 813 g/mol. The summed E-state index contributed by atoms with van der Waals surface area (Å²) in [6.07, 6.45) is -1.67. The normalized spacial score (nSPS) is 19.3. The van der Waals surface area contributed by atoms with Gasteiger partial charge in [0.05, 0.1) is 11.6 Å². The van der Waals surface area contributed by atoms with Crippen molar-refractivity contribution in [2.75, 3.05) is 13.6 Å². The van der Waals surface area contributed by atoms with Crippen LogP contribution in [0.3, 0.4) is 0 Å². The Morgan fingerprint density at radius 3 is 2.28 bits per heavy atom. The monoisotopic (exact) mass is 812 g/mol. The van der Waals surface area contributed by atoms with E-state index in [2.05, 4.69) is 16.0 Å². The summed E-state index contributed by atoms with van der Waals surface area (Å²) >= 11 is 0.940. The number of fused-ring (bicyclic) bond motifs is 3. The van der Waals surface area contributed by atoms with Gasteiger partial charge < -0.3 is 32.3 Å². The van der Waals surface area contributed by atoms with Crippen LogP contribution in [0.4, 0.5) is 13.2 Å². The molecule has 0 aromatic heterocycles. The summed E-state index contributed by atoms with van der Waals surface area (Å²) in [7, 11) is 1.45. The highest BCUT2D eigenvalue weighted by molar-refractivity contribution is 7.99. The fourth-order valence-corrected chi connectivity index (χ4v) is 8.55. The van der Waals surface area contributed by atoms with Gasteiger partial charge in [-0.15, -0.1) is 0 Å². The van der Waals surface area contributed by atoms with Crippen LogP contribution in [0.15, 0.2) is 107 Å². The molecular weight excluding hydrogens is 766 g/mol. The van der Waals surface area contributed by atoms with E-state index in [1.807, 2.05) is 30.3 Å². The van der Waals surface area contributed by atoms with E-state index in [0.717, 1.165) is 34.5 Å². The van der Waals surface area contributed by atoms with Crippen LogP contribution in [0.1, 0.15) is 59.9 Å². The molecule has 0 spiro atoms. The highest BCUT2D eigenvalue weighted by atomic mass is 32.2. The van der Waals surface area contributed by atoms with E-state index < -0.39 is 53.5 Å². The minimum absolute atomic E-state index is 0.0785. The van der Waals surface area contributed by atoms with Gasteiger partial charge >= 0.3 is 6.18 Å². The second kappa shape index (κ2) is 18.9. The van der Waals surface area contributed by atoms with E-state index in [1.54, 1.807) is 60.7 Å². The first kappa shape index (κ1) is 42.2. The van der Waals surface area contributed by atoms with Gasteiger partial charge in [-0.1, -0.05) is 90.6 Å². The van der Waals surface area contributed by atoms with Crippen LogP contribution in [0, 0.1) is 0 Å². The third-order valence-corrected chi connectivity index (χ3v) is 11.8. The fourth-order valence-electron chi connectivity index (χ4n) is 7.37. The number of carbonyl (C=O) groups is 4. The Morgan fingerprint density at radius 1 is 0.845 bits per heavy atom. The van der Waals surface area contributed by atoms with Gasteiger partial charge in [0.25, 0.3) is 0 Å². The van der Waals surface area contributed by atoms with Crippen LogP contribution in [0.5, 0.6) is 0 Å². The molecule has 3 atom stereocenters. The van der Waals surface area contributed by atoms with Gasteiger partial charge in [-0.2, -0.15) is 13.2 Å². The number of alkyl halides is 3. The summed E-state index contributed by atoms with van der Waals surface area (Å²) < 4.78 is 45.5. The lowest BCUT2D eigenvalue weighted by atomic mass is 9.97. The summed E-state index contributed by atoms with van der Waals surface area (Å²) in [5, 5.41) is 8.95. The Kier molecular flexibility index (Phi) is 13.7. The number of allylic oxidation sites excluding steroid dienone is 1. The van der Waals surface area contributed by atoms with E-state index in [-0.39, 0.29) is 55.8 Å². The predicted octanol–water partition coefficient (Wildman–Crippen LogP) is 5.96.